The molecular weight excluding hydrogens is 358 g/mol. The van der Waals surface area contributed by atoms with Crippen molar-refractivity contribution in [1.29, 1.82) is 0 Å². The van der Waals surface area contributed by atoms with E-state index in [0.717, 1.165) is 16.9 Å². The summed E-state index contributed by atoms with van der Waals surface area (Å²) in [6, 6.07) is 15.3. The summed E-state index contributed by atoms with van der Waals surface area (Å²) in [6.45, 7) is 6.40. The topological polar surface area (TPSA) is 77.2 Å². The van der Waals surface area contributed by atoms with Crippen molar-refractivity contribution in [3.8, 4) is 17.0 Å². The lowest BCUT2D eigenvalue weighted by molar-refractivity contribution is -0.118. The van der Waals surface area contributed by atoms with E-state index in [1.165, 1.54) is 16.9 Å². The Bertz CT molecular complexity index is 927. The zero-order valence-corrected chi connectivity index (χ0v) is 16.5. The van der Waals surface area contributed by atoms with Crippen LogP contribution in [-0.2, 0) is 10.2 Å². The zero-order valence-electron chi connectivity index (χ0n) is 15.7. The minimum absolute atomic E-state index is 0.0658. The monoisotopic (exact) mass is 381 g/mol. The third-order valence-electron chi connectivity index (χ3n) is 4.06. The molecule has 0 aliphatic carbocycles. The summed E-state index contributed by atoms with van der Waals surface area (Å²) in [6.07, 6.45) is 0. The maximum atomic E-state index is 12.2. The predicted molar refractivity (Wildman–Crippen MR) is 111 cm³/mol. The van der Waals surface area contributed by atoms with E-state index in [4.69, 9.17) is 10.5 Å². The van der Waals surface area contributed by atoms with Crippen LogP contribution in [-0.4, -0.2) is 17.5 Å². The second kappa shape index (κ2) is 7.80. The van der Waals surface area contributed by atoms with Gasteiger partial charge in [0.1, 0.15) is 5.75 Å². The molecule has 0 bridgehead atoms. The molecule has 0 atom stereocenters. The second-order valence-electron chi connectivity index (χ2n) is 7.26. The summed E-state index contributed by atoms with van der Waals surface area (Å²) in [4.78, 5) is 16.4. The largest absolute Gasteiger partial charge is 0.484 e. The molecule has 5 nitrogen and oxygen atoms in total. The number of aromatic nitrogens is 1. The highest BCUT2D eigenvalue weighted by molar-refractivity contribution is 7.13. The number of hydrogen-bond donors (Lipinski definition) is 2. The van der Waals surface area contributed by atoms with Gasteiger partial charge in [-0.05, 0) is 35.2 Å². The van der Waals surface area contributed by atoms with Crippen molar-refractivity contribution in [1.82, 2.24) is 4.98 Å². The molecule has 1 heterocycles. The highest BCUT2D eigenvalue weighted by Gasteiger charge is 2.13. The minimum Gasteiger partial charge on any atom is -0.484 e. The maximum absolute atomic E-state index is 12.2. The summed E-state index contributed by atoms with van der Waals surface area (Å²) in [7, 11) is 0. The molecule has 140 valence electrons. The van der Waals surface area contributed by atoms with Crippen LogP contribution < -0.4 is 15.8 Å². The van der Waals surface area contributed by atoms with Crippen molar-refractivity contribution in [3.05, 3.63) is 59.5 Å². The van der Waals surface area contributed by atoms with Crippen LogP contribution in [0, 0.1) is 0 Å². The van der Waals surface area contributed by atoms with Crippen LogP contribution in [0.5, 0.6) is 5.75 Å². The number of nitrogens with zero attached hydrogens (tertiary/aromatic N) is 1. The molecule has 0 radical (unpaired) electrons. The van der Waals surface area contributed by atoms with Crippen molar-refractivity contribution >= 4 is 28.1 Å². The first-order valence-electron chi connectivity index (χ1n) is 8.66. The van der Waals surface area contributed by atoms with Gasteiger partial charge in [0.05, 0.1) is 5.69 Å². The van der Waals surface area contributed by atoms with E-state index in [1.54, 1.807) is 0 Å². The quantitative estimate of drug-likeness (QED) is 0.671. The number of carbonyl (C=O) groups excluding carboxylic acids is 1. The van der Waals surface area contributed by atoms with Crippen LogP contribution >= 0.6 is 11.3 Å². The zero-order chi connectivity index (χ0) is 19.4. The lowest BCUT2D eigenvalue weighted by Crippen LogP contribution is -2.20. The highest BCUT2D eigenvalue weighted by atomic mass is 32.1. The van der Waals surface area contributed by atoms with Gasteiger partial charge < -0.3 is 15.8 Å². The van der Waals surface area contributed by atoms with Gasteiger partial charge in [-0.1, -0.05) is 45.0 Å². The Hall–Kier alpha value is -2.86. The number of thiazole rings is 1. The van der Waals surface area contributed by atoms with Crippen molar-refractivity contribution < 1.29 is 9.53 Å². The molecule has 0 spiro atoms. The number of anilines is 2. The van der Waals surface area contributed by atoms with E-state index in [0.29, 0.717) is 10.9 Å². The second-order valence-corrected chi connectivity index (χ2v) is 8.15. The fraction of sp³-hybridized carbons (Fsp3) is 0.238. The molecule has 0 aliphatic heterocycles. The molecule has 0 unspecified atom stereocenters. The predicted octanol–water partition coefficient (Wildman–Crippen LogP) is 4.71. The number of benzene rings is 2. The Kier molecular flexibility index (Phi) is 5.46. The average Bonchev–Trinajstić information content (AvgIpc) is 3.06. The van der Waals surface area contributed by atoms with Gasteiger partial charge in [0, 0.05) is 16.6 Å². The van der Waals surface area contributed by atoms with Crippen LogP contribution in [0.25, 0.3) is 11.3 Å². The summed E-state index contributed by atoms with van der Waals surface area (Å²) >= 11 is 1.39. The van der Waals surface area contributed by atoms with E-state index < -0.39 is 0 Å². The van der Waals surface area contributed by atoms with Crippen molar-refractivity contribution in [3.63, 3.8) is 0 Å². The Labute approximate surface area is 163 Å². The summed E-state index contributed by atoms with van der Waals surface area (Å²) in [5, 5.41) is 5.26. The molecule has 3 rings (SSSR count). The molecule has 0 saturated heterocycles. The lowest BCUT2D eigenvalue weighted by atomic mass is 9.87. The van der Waals surface area contributed by atoms with Gasteiger partial charge in [0.25, 0.3) is 5.91 Å². The number of nitrogens with two attached hydrogens (primary N) is 1. The Balaban J connectivity index is 1.58. The molecule has 3 N–H and O–H groups in total. The molecule has 3 aromatic rings. The SMILES string of the molecule is CC(C)(C)c1ccc(NC(=O)COc2cccc(-c3csc(N)n3)c2)cc1. The third kappa shape index (κ3) is 5.08. The number of carbonyl (C=O) groups is 1. The lowest BCUT2D eigenvalue weighted by Gasteiger charge is -2.19. The average molecular weight is 382 g/mol. The normalized spacial score (nSPS) is 11.2. The number of amides is 1. The van der Waals surface area contributed by atoms with Gasteiger partial charge in [0.2, 0.25) is 0 Å². The molecule has 0 aliphatic rings. The van der Waals surface area contributed by atoms with Crippen LogP contribution in [0.3, 0.4) is 0 Å². The molecule has 6 heteroatoms. The standard InChI is InChI=1S/C21H23N3O2S/c1-21(2,3)15-7-9-16(10-8-15)23-19(25)12-26-17-6-4-5-14(11-17)18-13-27-20(22)24-18/h4-11,13H,12H2,1-3H3,(H2,22,24)(H,23,25). The van der Waals surface area contributed by atoms with E-state index in [1.807, 2.05) is 53.9 Å². The van der Waals surface area contributed by atoms with Crippen molar-refractivity contribution in [2.45, 2.75) is 26.2 Å². The Morgan fingerprint density at radius 3 is 2.56 bits per heavy atom. The third-order valence-corrected chi connectivity index (χ3v) is 4.73. The summed E-state index contributed by atoms with van der Waals surface area (Å²) in [5.41, 5.74) is 9.43. The minimum atomic E-state index is -0.207. The fourth-order valence-electron chi connectivity index (χ4n) is 2.56. The Morgan fingerprint density at radius 1 is 1.19 bits per heavy atom. The van der Waals surface area contributed by atoms with Gasteiger partial charge in [-0.2, -0.15) is 0 Å². The molecule has 0 saturated carbocycles. The van der Waals surface area contributed by atoms with Crippen LogP contribution in [0.1, 0.15) is 26.3 Å². The first-order valence-corrected chi connectivity index (χ1v) is 9.54. The first kappa shape index (κ1) is 18.9. The smallest absolute Gasteiger partial charge is 0.262 e. The van der Waals surface area contributed by atoms with Gasteiger partial charge in [0.15, 0.2) is 11.7 Å². The van der Waals surface area contributed by atoms with E-state index >= 15 is 0 Å². The van der Waals surface area contributed by atoms with Crippen LogP contribution in [0.15, 0.2) is 53.9 Å². The maximum Gasteiger partial charge on any atom is 0.262 e. The molecule has 2 aromatic carbocycles. The number of ether oxygens (including phenoxy) is 1. The van der Waals surface area contributed by atoms with Crippen LogP contribution in [0.2, 0.25) is 0 Å². The highest BCUT2D eigenvalue weighted by Crippen LogP contribution is 2.26. The van der Waals surface area contributed by atoms with Gasteiger partial charge >= 0.3 is 0 Å². The number of rotatable bonds is 5. The molecule has 1 amide bonds. The summed E-state index contributed by atoms with van der Waals surface area (Å²) in [5.74, 6) is 0.402. The van der Waals surface area contributed by atoms with Gasteiger partial charge in [-0.3, -0.25) is 4.79 Å². The summed E-state index contributed by atoms with van der Waals surface area (Å²) < 4.78 is 5.62. The molecule has 1 aromatic heterocycles. The van der Waals surface area contributed by atoms with Gasteiger partial charge in [-0.15, -0.1) is 11.3 Å². The molecule has 0 fully saturated rings. The molecule has 27 heavy (non-hydrogen) atoms. The van der Waals surface area contributed by atoms with Crippen molar-refractivity contribution in [2.24, 2.45) is 0 Å². The fourth-order valence-corrected chi connectivity index (χ4v) is 3.14. The van der Waals surface area contributed by atoms with E-state index in [2.05, 4.69) is 31.1 Å². The number of hydrogen-bond acceptors (Lipinski definition) is 5. The Morgan fingerprint density at radius 2 is 1.93 bits per heavy atom. The van der Waals surface area contributed by atoms with Gasteiger partial charge in [-0.25, -0.2) is 4.98 Å². The van der Waals surface area contributed by atoms with Crippen molar-refractivity contribution in [2.75, 3.05) is 17.7 Å². The van der Waals surface area contributed by atoms with E-state index in [-0.39, 0.29) is 17.9 Å². The molecular formula is C21H23N3O2S. The van der Waals surface area contributed by atoms with E-state index in [9.17, 15) is 4.79 Å². The first-order chi connectivity index (χ1) is 12.8. The van der Waals surface area contributed by atoms with Crippen LogP contribution in [0.4, 0.5) is 10.8 Å². The number of nitrogen functional groups attached to an aromatic ring is 1. The number of nitrogens with one attached hydrogen (secondary N) is 1.